The van der Waals surface area contributed by atoms with Gasteiger partial charge in [0.1, 0.15) is 11.6 Å². The second-order valence-electron chi connectivity index (χ2n) is 7.45. The van der Waals surface area contributed by atoms with Gasteiger partial charge in [0.2, 0.25) is 0 Å². The molecule has 8 heteroatoms. The third-order valence-electron chi connectivity index (χ3n) is 4.55. The average Bonchev–Trinajstić information content (AvgIpc) is 2.70. The zero-order valence-electron chi connectivity index (χ0n) is 18.0. The van der Waals surface area contributed by atoms with Gasteiger partial charge >= 0.3 is 5.69 Å². The van der Waals surface area contributed by atoms with Crippen LogP contribution < -0.4 is 26.6 Å². The number of benzene rings is 1. The highest BCUT2D eigenvalue weighted by Crippen LogP contribution is 2.20. The van der Waals surface area contributed by atoms with E-state index in [1.54, 1.807) is 19.3 Å². The number of hydrogen-bond donors (Lipinski definition) is 2. The molecule has 2 aromatic rings. The Morgan fingerprint density at radius 2 is 2.07 bits per heavy atom. The van der Waals surface area contributed by atoms with E-state index in [2.05, 4.69) is 4.98 Å². The molecule has 8 nitrogen and oxygen atoms in total. The third-order valence-corrected chi connectivity index (χ3v) is 4.55. The van der Waals surface area contributed by atoms with Crippen molar-refractivity contribution < 1.29 is 9.53 Å². The van der Waals surface area contributed by atoms with Crippen molar-refractivity contribution in [2.45, 2.75) is 40.2 Å². The molecule has 1 heterocycles. The first-order chi connectivity index (χ1) is 14.3. The van der Waals surface area contributed by atoms with Crippen LogP contribution in [-0.2, 0) is 11.3 Å². The van der Waals surface area contributed by atoms with Gasteiger partial charge in [-0.25, -0.2) is 4.79 Å². The number of nitrogens with one attached hydrogen (secondary N) is 1. The molecular weight excluding hydrogens is 384 g/mol. The normalized spacial score (nSPS) is 11.2. The molecule has 1 aromatic heterocycles. The fourth-order valence-corrected chi connectivity index (χ4v) is 3.04. The molecule has 0 radical (unpaired) electrons. The fraction of sp³-hybridized carbons (Fsp3) is 0.409. The molecule has 0 aliphatic rings. The monoisotopic (exact) mass is 414 g/mol. The van der Waals surface area contributed by atoms with E-state index in [1.807, 2.05) is 39.0 Å². The maximum Gasteiger partial charge on any atom is 0.330 e. The van der Waals surface area contributed by atoms with Gasteiger partial charge in [-0.05, 0) is 36.1 Å². The number of aromatic nitrogens is 2. The standard InChI is InChI=1S/C22H30N4O4/c1-5-6-12-25-20(23)19(21(28)24-22(25)29)26(14-15(2)3)18(27)11-10-16-8-7-9-17(13-16)30-4/h7-11,13,15H,5-6,12,14,23H2,1-4H3,(H,24,28,29)/b11-10+. The number of amides is 1. The SMILES string of the molecule is CCCCn1c(N)c(N(CC(C)C)C(=O)/C=C/c2cccc(OC)c2)c(=O)[nH]c1=O. The molecule has 0 spiro atoms. The lowest BCUT2D eigenvalue weighted by Gasteiger charge is -2.25. The highest BCUT2D eigenvalue weighted by Gasteiger charge is 2.23. The Balaban J connectivity index is 2.46. The summed E-state index contributed by atoms with van der Waals surface area (Å²) in [6.45, 7) is 6.51. The summed E-state index contributed by atoms with van der Waals surface area (Å²) in [6, 6.07) is 7.26. The Kier molecular flexibility index (Phi) is 8.03. The minimum atomic E-state index is -0.672. The largest absolute Gasteiger partial charge is 0.497 e. The van der Waals surface area contributed by atoms with E-state index in [0.29, 0.717) is 12.3 Å². The van der Waals surface area contributed by atoms with Gasteiger partial charge in [-0.15, -0.1) is 0 Å². The van der Waals surface area contributed by atoms with Gasteiger partial charge in [0.25, 0.3) is 11.5 Å². The van der Waals surface area contributed by atoms with Crippen molar-refractivity contribution in [2.24, 2.45) is 5.92 Å². The minimum Gasteiger partial charge on any atom is -0.497 e. The van der Waals surface area contributed by atoms with Crippen molar-refractivity contribution in [1.29, 1.82) is 0 Å². The maximum atomic E-state index is 13.0. The topological polar surface area (TPSA) is 110 Å². The molecule has 1 amide bonds. The first-order valence-corrected chi connectivity index (χ1v) is 10.0. The number of anilines is 2. The van der Waals surface area contributed by atoms with Gasteiger partial charge in [-0.2, -0.15) is 0 Å². The van der Waals surface area contributed by atoms with Crippen LogP contribution in [-0.4, -0.2) is 29.1 Å². The highest BCUT2D eigenvalue weighted by molar-refractivity contribution is 6.05. The first-order valence-electron chi connectivity index (χ1n) is 10.0. The Morgan fingerprint density at radius 3 is 2.70 bits per heavy atom. The highest BCUT2D eigenvalue weighted by atomic mass is 16.5. The van der Waals surface area contributed by atoms with Crippen molar-refractivity contribution in [2.75, 3.05) is 24.3 Å². The molecule has 0 aliphatic carbocycles. The Hall–Kier alpha value is -3.29. The van der Waals surface area contributed by atoms with E-state index in [4.69, 9.17) is 10.5 Å². The lowest BCUT2D eigenvalue weighted by molar-refractivity contribution is -0.114. The van der Waals surface area contributed by atoms with Crippen molar-refractivity contribution in [3.63, 3.8) is 0 Å². The van der Waals surface area contributed by atoms with E-state index >= 15 is 0 Å². The summed E-state index contributed by atoms with van der Waals surface area (Å²) in [5, 5.41) is 0. The minimum absolute atomic E-state index is 0.000282. The van der Waals surface area contributed by atoms with Crippen molar-refractivity contribution in [1.82, 2.24) is 9.55 Å². The van der Waals surface area contributed by atoms with Gasteiger partial charge in [0.15, 0.2) is 5.69 Å². The van der Waals surface area contributed by atoms with Crippen LogP contribution in [0, 0.1) is 5.92 Å². The lowest BCUT2D eigenvalue weighted by atomic mass is 10.1. The molecule has 162 valence electrons. The van der Waals surface area contributed by atoms with Crippen LogP contribution in [0.1, 0.15) is 39.2 Å². The second-order valence-corrected chi connectivity index (χ2v) is 7.45. The van der Waals surface area contributed by atoms with E-state index in [9.17, 15) is 14.4 Å². The molecule has 0 aliphatic heterocycles. The predicted octanol–water partition coefficient (Wildman–Crippen LogP) is 2.63. The van der Waals surface area contributed by atoms with Crippen LogP contribution in [0.2, 0.25) is 0 Å². The van der Waals surface area contributed by atoms with Crippen LogP contribution >= 0.6 is 0 Å². The number of nitrogens with zero attached hydrogens (tertiary/aromatic N) is 2. The maximum absolute atomic E-state index is 13.0. The summed E-state index contributed by atoms with van der Waals surface area (Å²) in [6.07, 6.45) is 4.62. The molecule has 0 fully saturated rings. The van der Waals surface area contributed by atoms with Crippen LogP contribution in [0.25, 0.3) is 6.08 Å². The number of ether oxygens (including phenoxy) is 1. The first kappa shape index (κ1) is 23.0. The van der Waals surface area contributed by atoms with Gasteiger partial charge in [0, 0.05) is 19.2 Å². The molecule has 0 atom stereocenters. The van der Waals surface area contributed by atoms with Gasteiger partial charge in [-0.3, -0.25) is 19.1 Å². The predicted molar refractivity (Wildman–Crippen MR) is 120 cm³/mol. The van der Waals surface area contributed by atoms with Gasteiger partial charge in [-0.1, -0.05) is 39.3 Å². The van der Waals surface area contributed by atoms with Crippen LogP contribution in [0.3, 0.4) is 0 Å². The smallest absolute Gasteiger partial charge is 0.330 e. The van der Waals surface area contributed by atoms with E-state index in [-0.39, 0.29) is 24.0 Å². The molecule has 1 aromatic carbocycles. The van der Waals surface area contributed by atoms with Crippen molar-refractivity contribution in [3.8, 4) is 5.75 Å². The number of nitrogens with two attached hydrogens (primary N) is 1. The molecule has 0 unspecified atom stereocenters. The number of aromatic amines is 1. The summed E-state index contributed by atoms with van der Waals surface area (Å²) in [7, 11) is 1.57. The van der Waals surface area contributed by atoms with Gasteiger partial charge in [0.05, 0.1) is 7.11 Å². The number of carbonyl (C=O) groups excluding carboxylic acids is 1. The molecule has 0 saturated carbocycles. The quantitative estimate of drug-likeness (QED) is 0.613. The Labute approximate surface area is 176 Å². The molecule has 30 heavy (non-hydrogen) atoms. The zero-order valence-corrected chi connectivity index (χ0v) is 18.0. The molecule has 0 saturated heterocycles. The summed E-state index contributed by atoms with van der Waals surface area (Å²) >= 11 is 0. The summed E-state index contributed by atoms with van der Waals surface area (Å²) in [5.41, 5.74) is 5.73. The number of methoxy groups -OCH3 is 1. The van der Waals surface area contributed by atoms with Crippen LogP contribution in [0.5, 0.6) is 5.75 Å². The summed E-state index contributed by atoms with van der Waals surface area (Å²) in [4.78, 5) is 41.4. The molecule has 0 bridgehead atoms. The molecule has 2 rings (SSSR count). The number of unbranched alkanes of at least 4 members (excludes halogenated alkanes) is 1. The fourth-order valence-electron chi connectivity index (χ4n) is 3.04. The average molecular weight is 415 g/mol. The Bertz CT molecular complexity index is 1020. The van der Waals surface area contributed by atoms with Crippen molar-refractivity contribution in [3.05, 3.63) is 56.7 Å². The number of nitrogen functional groups attached to an aromatic ring is 1. The van der Waals surface area contributed by atoms with Gasteiger partial charge < -0.3 is 15.4 Å². The van der Waals surface area contributed by atoms with Crippen molar-refractivity contribution >= 4 is 23.5 Å². The Morgan fingerprint density at radius 1 is 1.33 bits per heavy atom. The molecular formula is C22H30N4O4. The van der Waals surface area contributed by atoms with E-state index in [0.717, 1.165) is 18.4 Å². The van der Waals surface area contributed by atoms with E-state index in [1.165, 1.54) is 15.5 Å². The zero-order chi connectivity index (χ0) is 22.3. The lowest BCUT2D eigenvalue weighted by Crippen LogP contribution is -2.42. The summed E-state index contributed by atoms with van der Waals surface area (Å²) in [5.74, 6) is 0.353. The third kappa shape index (κ3) is 5.62. The summed E-state index contributed by atoms with van der Waals surface area (Å²) < 4.78 is 6.51. The number of H-pyrrole nitrogens is 1. The number of rotatable bonds is 9. The number of hydrogen-bond acceptors (Lipinski definition) is 5. The molecule has 3 N–H and O–H groups in total. The van der Waals surface area contributed by atoms with Crippen LogP contribution in [0.4, 0.5) is 11.5 Å². The van der Waals surface area contributed by atoms with Crippen LogP contribution in [0.15, 0.2) is 39.9 Å². The second kappa shape index (κ2) is 10.5. The van der Waals surface area contributed by atoms with E-state index < -0.39 is 17.2 Å². The number of carbonyl (C=O) groups is 1.